The largest absolute Gasteiger partial charge is 0.497 e. The monoisotopic (exact) mass is 387 g/mol. The Morgan fingerprint density at radius 2 is 1.89 bits per heavy atom. The number of nitrogens with one attached hydrogen (secondary N) is 1. The molecule has 0 saturated heterocycles. The van der Waals surface area contributed by atoms with Crippen LogP contribution < -0.4 is 9.46 Å². The van der Waals surface area contributed by atoms with Crippen LogP contribution in [0.25, 0.3) is 11.5 Å². The number of rotatable bonds is 9. The normalized spacial score (nSPS) is 11.4. The van der Waals surface area contributed by atoms with Crippen molar-refractivity contribution in [2.24, 2.45) is 0 Å². The third-order valence-corrected chi connectivity index (χ3v) is 5.36. The van der Waals surface area contributed by atoms with E-state index in [2.05, 4.69) is 14.9 Å². The summed E-state index contributed by atoms with van der Waals surface area (Å²) >= 11 is 0. The summed E-state index contributed by atoms with van der Waals surface area (Å²) in [6, 6.07) is 17.0. The van der Waals surface area contributed by atoms with E-state index in [1.165, 1.54) is 0 Å². The number of hydrogen-bond acceptors (Lipinski definition) is 6. The quantitative estimate of drug-likeness (QED) is 0.607. The summed E-state index contributed by atoms with van der Waals surface area (Å²) in [6.07, 6.45) is 1.25. The van der Waals surface area contributed by atoms with Gasteiger partial charge < -0.3 is 9.15 Å². The van der Waals surface area contributed by atoms with Crippen molar-refractivity contribution in [3.8, 4) is 17.2 Å². The van der Waals surface area contributed by atoms with Gasteiger partial charge in [0, 0.05) is 5.56 Å². The summed E-state index contributed by atoms with van der Waals surface area (Å²) in [5.74, 6) is 1.23. The number of nitrogens with zero attached hydrogens (tertiary/aromatic N) is 2. The Morgan fingerprint density at radius 3 is 2.67 bits per heavy atom. The lowest BCUT2D eigenvalue weighted by Gasteiger charge is -2.05. The summed E-state index contributed by atoms with van der Waals surface area (Å²) < 4.78 is 37.5. The number of sulfonamides is 1. The Balaban J connectivity index is 1.52. The van der Waals surface area contributed by atoms with Crippen LogP contribution in [0.2, 0.25) is 0 Å². The minimum atomic E-state index is -3.41. The third kappa shape index (κ3) is 5.63. The molecule has 0 saturated carbocycles. The lowest BCUT2D eigenvalue weighted by Crippen LogP contribution is -2.26. The molecule has 0 aliphatic carbocycles. The van der Waals surface area contributed by atoms with E-state index in [0.717, 1.165) is 5.56 Å². The lowest BCUT2D eigenvalue weighted by molar-refractivity contribution is 0.414. The van der Waals surface area contributed by atoms with Gasteiger partial charge in [-0.05, 0) is 36.6 Å². The first-order chi connectivity index (χ1) is 13.1. The van der Waals surface area contributed by atoms with Crippen molar-refractivity contribution in [1.82, 2.24) is 14.9 Å². The third-order valence-electron chi connectivity index (χ3n) is 3.95. The molecule has 0 bridgehead atoms. The fourth-order valence-corrected chi connectivity index (χ4v) is 3.56. The van der Waals surface area contributed by atoms with E-state index < -0.39 is 10.0 Å². The first kappa shape index (κ1) is 19.1. The van der Waals surface area contributed by atoms with Crippen molar-refractivity contribution in [2.75, 3.05) is 12.9 Å². The first-order valence-electron chi connectivity index (χ1n) is 8.54. The molecular weight excluding hydrogens is 366 g/mol. The molecule has 8 heteroatoms. The zero-order valence-electron chi connectivity index (χ0n) is 15.0. The highest BCUT2D eigenvalue weighted by Crippen LogP contribution is 2.22. The highest BCUT2D eigenvalue weighted by molar-refractivity contribution is 7.89. The molecule has 0 radical (unpaired) electrons. The molecule has 142 valence electrons. The van der Waals surface area contributed by atoms with Crippen molar-refractivity contribution in [1.29, 1.82) is 0 Å². The highest BCUT2D eigenvalue weighted by atomic mass is 32.2. The zero-order valence-corrected chi connectivity index (χ0v) is 15.8. The Morgan fingerprint density at radius 1 is 1.07 bits per heavy atom. The maximum absolute atomic E-state index is 12.1. The van der Waals surface area contributed by atoms with E-state index in [-0.39, 0.29) is 18.2 Å². The SMILES string of the molecule is COc1cccc(-c2nnc(CNS(=O)(=O)CCCc3ccccc3)o2)c1. The number of aryl methyl sites for hydroxylation is 1. The molecule has 3 rings (SSSR count). The van der Waals surface area contributed by atoms with Gasteiger partial charge in [-0.2, -0.15) is 0 Å². The summed E-state index contributed by atoms with van der Waals surface area (Å²) in [4.78, 5) is 0. The van der Waals surface area contributed by atoms with E-state index >= 15 is 0 Å². The van der Waals surface area contributed by atoms with E-state index in [4.69, 9.17) is 9.15 Å². The van der Waals surface area contributed by atoms with Crippen LogP contribution in [-0.2, 0) is 23.0 Å². The Kier molecular flexibility index (Phi) is 6.20. The molecule has 0 amide bonds. The van der Waals surface area contributed by atoms with Gasteiger partial charge in [-0.25, -0.2) is 13.1 Å². The van der Waals surface area contributed by atoms with Gasteiger partial charge >= 0.3 is 0 Å². The second-order valence-corrected chi connectivity index (χ2v) is 7.89. The smallest absolute Gasteiger partial charge is 0.247 e. The summed E-state index contributed by atoms with van der Waals surface area (Å²) in [5.41, 5.74) is 1.83. The van der Waals surface area contributed by atoms with Gasteiger partial charge in [0.05, 0.1) is 19.4 Å². The highest BCUT2D eigenvalue weighted by Gasteiger charge is 2.14. The van der Waals surface area contributed by atoms with Crippen molar-refractivity contribution >= 4 is 10.0 Å². The van der Waals surface area contributed by atoms with Crippen LogP contribution in [0.1, 0.15) is 17.9 Å². The minimum Gasteiger partial charge on any atom is -0.497 e. The Labute approximate surface area is 158 Å². The molecule has 0 aliphatic heterocycles. The number of methoxy groups -OCH3 is 1. The van der Waals surface area contributed by atoms with Crippen molar-refractivity contribution < 1.29 is 17.6 Å². The molecule has 0 spiro atoms. The second kappa shape index (κ2) is 8.79. The van der Waals surface area contributed by atoms with Gasteiger partial charge in [-0.1, -0.05) is 36.4 Å². The average molecular weight is 387 g/mol. The van der Waals surface area contributed by atoms with Gasteiger partial charge in [0.1, 0.15) is 5.75 Å². The van der Waals surface area contributed by atoms with Gasteiger partial charge in [-0.15, -0.1) is 10.2 Å². The van der Waals surface area contributed by atoms with Crippen LogP contribution in [-0.4, -0.2) is 31.5 Å². The molecular formula is C19H21N3O4S. The van der Waals surface area contributed by atoms with E-state index in [1.54, 1.807) is 13.2 Å². The van der Waals surface area contributed by atoms with E-state index in [9.17, 15) is 8.42 Å². The molecule has 3 aromatic rings. The van der Waals surface area contributed by atoms with Crippen molar-refractivity contribution in [3.05, 3.63) is 66.1 Å². The van der Waals surface area contributed by atoms with Crippen LogP contribution in [0.4, 0.5) is 0 Å². The summed E-state index contributed by atoms with van der Waals surface area (Å²) in [7, 11) is -1.84. The second-order valence-electron chi connectivity index (χ2n) is 5.96. The van der Waals surface area contributed by atoms with Crippen LogP contribution in [0.5, 0.6) is 5.75 Å². The number of ether oxygens (including phenoxy) is 1. The molecule has 0 atom stereocenters. The average Bonchev–Trinajstić information content (AvgIpc) is 3.16. The first-order valence-corrected chi connectivity index (χ1v) is 10.2. The van der Waals surface area contributed by atoms with Gasteiger partial charge in [-0.3, -0.25) is 0 Å². The van der Waals surface area contributed by atoms with Gasteiger partial charge in [0.15, 0.2) is 0 Å². The predicted molar refractivity (Wildman–Crippen MR) is 102 cm³/mol. The molecule has 1 aromatic heterocycles. The molecule has 0 fully saturated rings. The van der Waals surface area contributed by atoms with E-state index in [0.29, 0.717) is 30.0 Å². The van der Waals surface area contributed by atoms with Crippen LogP contribution in [0.15, 0.2) is 59.0 Å². The maximum Gasteiger partial charge on any atom is 0.247 e. The molecule has 1 heterocycles. The summed E-state index contributed by atoms with van der Waals surface area (Å²) in [5, 5.41) is 7.85. The summed E-state index contributed by atoms with van der Waals surface area (Å²) in [6.45, 7) is -0.0371. The fourth-order valence-electron chi connectivity index (χ4n) is 2.55. The zero-order chi connectivity index (χ0) is 19.1. The molecule has 0 aliphatic rings. The van der Waals surface area contributed by atoms with Crippen molar-refractivity contribution in [2.45, 2.75) is 19.4 Å². The van der Waals surface area contributed by atoms with Crippen LogP contribution in [0.3, 0.4) is 0 Å². The van der Waals surface area contributed by atoms with E-state index in [1.807, 2.05) is 48.5 Å². The molecule has 2 aromatic carbocycles. The maximum atomic E-state index is 12.1. The minimum absolute atomic E-state index is 0.0371. The standard InChI is InChI=1S/C19H21N3O4S/c1-25-17-11-5-10-16(13-17)19-22-21-18(26-19)14-20-27(23,24)12-6-9-15-7-3-2-4-8-15/h2-5,7-8,10-11,13,20H,6,9,12,14H2,1H3. The molecule has 1 N–H and O–H groups in total. The van der Waals surface area contributed by atoms with Crippen LogP contribution >= 0.6 is 0 Å². The fraction of sp³-hybridized carbons (Fsp3) is 0.263. The van der Waals surface area contributed by atoms with Gasteiger partial charge in [0.2, 0.25) is 21.8 Å². The molecule has 27 heavy (non-hydrogen) atoms. The Bertz CT molecular complexity index is 971. The number of aromatic nitrogens is 2. The lowest BCUT2D eigenvalue weighted by atomic mass is 10.1. The van der Waals surface area contributed by atoms with Crippen LogP contribution in [0, 0.1) is 0 Å². The predicted octanol–water partition coefficient (Wildman–Crippen LogP) is 2.80. The molecule has 0 unspecified atom stereocenters. The number of benzene rings is 2. The molecule has 7 nitrogen and oxygen atoms in total. The number of hydrogen-bond donors (Lipinski definition) is 1. The Hall–Kier alpha value is -2.71. The van der Waals surface area contributed by atoms with Crippen molar-refractivity contribution in [3.63, 3.8) is 0 Å². The topological polar surface area (TPSA) is 94.3 Å². The van der Waals surface area contributed by atoms with Gasteiger partial charge in [0.25, 0.3) is 0 Å².